The quantitative estimate of drug-likeness (QED) is 0.451. The maximum absolute atomic E-state index is 10.5. The maximum atomic E-state index is 10.5. The van der Waals surface area contributed by atoms with Crippen LogP contribution < -0.4 is 5.90 Å². The fourth-order valence-electron chi connectivity index (χ4n) is 0.913. The normalized spacial score (nSPS) is 10.0. The lowest BCUT2D eigenvalue weighted by atomic mass is 10.1. The average Bonchev–Trinajstić information content (AvgIpc) is 1.96. The summed E-state index contributed by atoms with van der Waals surface area (Å²) >= 11 is 0. The molecule has 11 heavy (non-hydrogen) atoms. The standard InChI is InChI=1S/C8H17NO2/c1-8(10)6-4-2-3-5-7-11-9/h2-7,9H2,1H3. The van der Waals surface area contributed by atoms with E-state index in [1.54, 1.807) is 6.92 Å². The van der Waals surface area contributed by atoms with Gasteiger partial charge in [0.25, 0.3) is 0 Å². The zero-order valence-electron chi connectivity index (χ0n) is 7.14. The van der Waals surface area contributed by atoms with Gasteiger partial charge in [-0.05, 0) is 19.8 Å². The van der Waals surface area contributed by atoms with Crippen LogP contribution in [0.5, 0.6) is 0 Å². The monoisotopic (exact) mass is 159 g/mol. The Morgan fingerprint density at radius 3 is 2.45 bits per heavy atom. The molecular weight excluding hydrogens is 142 g/mol. The molecule has 66 valence electrons. The van der Waals surface area contributed by atoms with Crippen LogP contribution in [0.4, 0.5) is 0 Å². The van der Waals surface area contributed by atoms with Crippen molar-refractivity contribution in [3.05, 3.63) is 0 Å². The lowest BCUT2D eigenvalue weighted by Gasteiger charge is -1.97. The summed E-state index contributed by atoms with van der Waals surface area (Å²) in [6.07, 6.45) is 4.91. The van der Waals surface area contributed by atoms with Crippen LogP contribution in [0.1, 0.15) is 39.0 Å². The molecule has 0 aromatic carbocycles. The van der Waals surface area contributed by atoms with E-state index >= 15 is 0 Å². The molecule has 0 atom stereocenters. The number of unbranched alkanes of at least 4 members (excludes halogenated alkanes) is 3. The second kappa shape index (κ2) is 7.69. The van der Waals surface area contributed by atoms with Crippen LogP contribution in [0.2, 0.25) is 0 Å². The summed E-state index contributed by atoms with van der Waals surface area (Å²) in [5.41, 5.74) is 0. The molecule has 0 aliphatic carbocycles. The molecule has 2 N–H and O–H groups in total. The first-order chi connectivity index (χ1) is 5.27. The molecule has 0 aromatic rings. The van der Waals surface area contributed by atoms with Gasteiger partial charge in [-0.1, -0.05) is 12.8 Å². The molecule has 0 amide bonds. The predicted octanol–water partition coefficient (Wildman–Crippen LogP) is 1.42. The van der Waals surface area contributed by atoms with Crippen LogP contribution in [0.3, 0.4) is 0 Å². The summed E-state index contributed by atoms with van der Waals surface area (Å²) in [6.45, 7) is 2.25. The molecule has 0 spiro atoms. The molecule has 0 radical (unpaired) electrons. The third kappa shape index (κ3) is 9.59. The summed E-state index contributed by atoms with van der Waals surface area (Å²) in [4.78, 5) is 14.9. The van der Waals surface area contributed by atoms with Crippen molar-refractivity contribution in [2.24, 2.45) is 5.90 Å². The smallest absolute Gasteiger partial charge is 0.129 e. The Labute approximate surface area is 67.9 Å². The van der Waals surface area contributed by atoms with Gasteiger partial charge in [0.05, 0.1) is 6.61 Å². The second-order valence-corrected chi connectivity index (χ2v) is 2.74. The first-order valence-corrected chi connectivity index (χ1v) is 4.08. The van der Waals surface area contributed by atoms with Crippen molar-refractivity contribution < 1.29 is 9.63 Å². The maximum Gasteiger partial charge on any atom is 0.129 e. The minimum Gasteiger partial charge on any atom is -0.305 e. The third-order valence-electron chi connectivity index (χ3n) is 1.54. The highest BCUT2D eigenvalue weighted by Crippen LogP contribution is 2.02. The summed E-state index contributed by atoms with van der Waals surface area (Å²) in [5.74, 6) is 5.12. The molecule has 3 nitrogen and oxygen atoms in total. The second-order valence-electron chi connectivity index (χ2n) is 2.74. The van der Waals surface area contributed by atoms with E-state index in [0.717, 1.165) is 25.7 Å². The van der Waals surface area contributed by atoms with Gasteiger partial charge >= 0.3 is 0 Å². The molecule has 0 aliphatic heterocycles. The molecule has 0 rings (SSSR count). The first kappa shape index (κ1) is 10.6. The average molecular weight is 159 g/mol. The highest BCUT2D eigenvalue weighted by molar-refractivity contribution is 5.75. The molecule has 3 heteroatoms. The number of carbonyl (C=O) groups excluding carboxylic acids is 1. The number of Topliss-reactive ketones (excluding diaryl/α,β-unsaturated/α-hetero) is 1. The van der Waals surface area contributed by atoms with Crippen molar-refractivity contribution in [1.82, 2.24) is 0 Å². The molecule has 0 saturated heterocycles. The number of ketones is 1. The van der Waals surface area contributed by atoms with E-state index in [0.29, 0.717) is 13.0 Å². The van der Waals surface area contributed by atoms with Gasteiger partial charge in [0.15, 0.2) is 0 Å². The topological polar surface area (TPSA) is 52.3 Å². The Hall–Kier alpha value is -0.410. The summed E-state index contributed by atoms with van der Waals surface area (Å²) < 4.78 is 0. The number of nitrogens with two attached hydrogens (primary N) is 1. The van der Waals surface area contributed by atoms with Crippen LogP contribution in [0.25, 0.3) is 0 Å². The van der Waals surface area contributed by atoms with Gasteiger partial charge in [0.2, 0.25) is 0 Å². The van der Waals surface area contributed by atoms with E-state index in [9.17, 15) is 4.79 Å². The molecule has 0 saturated carbocycles. The van der Waals surface area contributed by atoms with Crippen molar-refractivity contribution in [2.75, 3.05) is 6.61 Å². The van der Waals surface area contributed by atoms with Gasteiger partial charge in [0.1, 0.15) is 5.78 Å². The van der Waals surface area contributed by atoms with Crippen molar-refractivity contribution in [2.45, 2.75) is 39.0 Å². The molecule has 0 aromatic heterocycles. The van der Waals surface area contributed by atoms with Crippen molar-refractivity contribution in [1.29, 1.82) is 0 Å². The zero-order valence-corrected chi connectivity index (χ0v) is 7.14. The third-order valence-corrected chi connectivity index (χ3v) is 1.54. The van der Waals surface area contributed by atoms with Gasteiger partial charge in [-0.15, -0.1) is 0 Å². The van der Waals surface area contributed by atoms with Crippen LogP contribution in [0, 0.1) is 0 Å². The number of rotatable bonds is 7. The SMILES string of the molecule is CC(=O)CCCCCCON. The van der Waals surface area contributed by atoms with Crippen LogP contribution >= 0.6 is 0 Å². The van der Waals surface area contributed by atoms with Crippen LogP contribution in [-0.2, 0) is 9.63 Å². The van der Waals surface area contributed by atoms with Crippen LogP contribution in [0.15, 0.2) is 0 Å². The van der Waals surface area contributed by atoms with Gasteiger partial charge < -0.3 is 9.63 Å². The van der Waals surface area contributed by atoms with E-state index < -0.39 is 0 Å². The van der Waals surface area contributed by atoms with Gasteiger partial charge in [-0.2, -0.15) is 0 Å². The molecular formula is C8H17NO2. The fourth-order valence-corrected chi connectivity index (χ4v) is 0.913. The van der Waals surface area contributed by atoms with E-state index in [4.69, 9.17) is 5.90 Å². The van der Waals surface area contributed by atoms with Gasteiger partial charge in [-0.3, -0.25) is 0 Å². The van der Waals surface area contributed by atoms with E-state index in [1.807, 2.05) is 0 Å². The lowest BCUT2D eigenvalue weighted by Crippen LogP contribution is -2.00. The van der Waals surface area contributed by atoms with Crippen LogP contribution in [-0.4, -0.2) is 12.4 Å². The van der Waals surface area contributed by atoms with E-state index in [2.05, 4.69) is 4.84 Å². The predicted molar refractivity (Wildman–Crippen MR) is 43.9 cm³/mol. The molecule has 0 unspecified atom stereocenters. The minimum absolute atomic E-state index is 0.278. The van der Waals surface area contributed by atoms with Crippen molar-refractivity contribution >= 4 is 5.78 Å². The minimum atomic E-state index is 0.278. The largest absolute Gasteiger partial charge is 0.305 e. The summed E-state index contributed by atoms with van der Waals surface area (Å²) in [7, 11) is 0. The Bertz CT molecular complexity index is 104. The Kier molecular flexibility index (Phi) is 7.41. The zero-order chi connectivity index (χ0) is 8.53. The fraction of sp³-hybridized carbons (Fsp3) is 0.875. The molecule has 0 aliphatic rings. The highest BCUT2D eigenvalue weighted by Gasteiger charge is 1.93. The van der Waals surface area contributed by atoms with Crippen molar-refractivity contribution in [3.63, 3.8) is 0 Å². The first-order valence-electron chi connectivity index (χ1n) is 4.08. The van der Waals surface area contributed by atoms with E-state index in [1.165, 1.54) is 0 Å². The molecule has 0 fully saturated rings. The molecule has 0 heterocycles. The summed E-state index contributed by atoms with van der Waals surface area (Å²) in [5, 5.41) is 0. The van der Waals surface area contributed by atoms with Gasteiger partial charge in [0, 0.05) is 6.42 Å². The summed E-state index contributed by atoms with van der Waals surface area (Å²) in [6, 6.07) is 0. The van der Waals surface area contributed by atoms with Crippen molar-refractivity contribution in [3.8, 4) is 0 Å². The molecule has 0 bridgehead atoms. The van der Waals surface area contributed by atoms with E-state index in [-0.39, 0.29) is 5.78 Å². The number of hydrogen-bond acceptors (Lipinski definition) is 3. The number of hydrogen-bond donors (Lipinski definition) is 1. The number of carbonyl (C=O) groups is 1. The Morgan fingerprint density at radius 2 is 1.91 bits per heavy atom. The van der Waals surface area contributed by atoms with Gasteiger partial charge in [-0.25, -0.2) is 5.90 Å². The Balaban J connectivity index is 2.85. The lowest BCUT2D eigenvalue weighted by molar-refractivity contribution is -0.117. The Morgan fingerprint density at radius 1 is 1.27 bits per heavy atom. The highest BCUT2D eigenvalue weighted by atomic mass is 16.6.